The van der Waals surface area contributed by atoms with Gasteiger partial charge < -0.3 is 9.47 Å². The summed E-state index contributed by atoms with van der Waals surface area (Å²) in [4.78, 5) is 8.28. The zero-order chi connectivity index (χ0) is 12.5. The highest BCUT2D eigenvalue weighted by molar-refractivity contribution is 9.10. The van der Waals surface area contributed by atoms with Gasteiger partial charge in [0.05, 0.1) is 7.11 Å². The minimum absolute atomic E-state index is 0.0352. The fraction of sp³-hybridized carbons (Fsp3) is 0.545. The number of fused-ring (bicyclic) bond motifs is 1. The van der Waals surface area contributed by atoms with Gasteiger partial charge in [0.2, 0.25) is 5.88 Å². The van der Waals surface area contributed by atoms with Crippen molar-refractivity contribution in [1.29, 1.82) is 0 Å². The number of halogens is 1. The molecule has 0 radical (unpaired) electrons. The van der Waals surface area contributed by atoms with E-state index in [2.05, 4.69) is 31.0 Å². The second-order valence-electron chi connectivity index (χ2n) is 4.14. The van der Waals surface area contributed by atoms with E-state index in [0.29, 0.717) is 11.4 Å². The molecular formula is C11H13BrN4O2. The molecule has 1 aliphatic rings. The molecule has 3 heterocycles. The van der Waals surface area contributed by atoms with Crippen LogP contribution in [-0.2, 0) is 4.74 Å². The average molecular weight is 313 g/mol. The van der Waals surface area contributed by atoms with Crippen LogP contribution in [0.5, 0.6) is 5.88 Å². The molecule has 1 saturated heterocycles. The SMILES string of the molecule is COc1ncnc2c(Br)n([C@H]3CCCCO3)nc12. The molecule has 0 aliphatic carbocycles. The van der Waals surface area contributed by atoms with Crippen molar-refractivity contribution in [3.63, 3.8) is 0 Å². The standard InChI is InChI=1S/C11H13BrN4O2/c1-17-11-9-8(13-6-14-11)10(12)16(15-9)7-4-2-3-5-18-7/h6-7H,2-5H2,1H3/t7-/m1/s1. The highest BCUT2D eigenvalue weighted by Crippen LogP contribution is 2.32. The molecule has 0 spiro atoms. The third-order valence-electron chi connectivity index (χ3n) is 3.01. The third-order valence-corrected chi connectivity index (χ3v) is 3.75. The van der Waals surface area contributed by atoms with Gasteiger partial charge in [0.15, 0.2) is 11.7 Å². The van der Waals surface area contributed by atoms with Crippen molar-refractivity contribution in [1.82, 2.24) is 19.7 Å². The van der Waals surface area contributed by atoms with E-state index in [1.807, 2.05) is 4.68 Å². The van der Waals surface area contributed by atoms with Crippen LogP contribution >= 0.6 is 15.9 Å². The largest absolute Gasteiger partial charge is 0.479 e. The van der Waals surface area contributed by atoms with Gasteiger partial charge in [-0.25, -0.2) is 9.67 Å². The first kappa shape index (κ1) is 11.9. The summed E-state index contributed by atoms with van der Waals surface area (Å²) in [5, 5.41) is 4.50. The minimum atomic E-state index is -0.0352. The fourth-order valence-electron chi connectivity index (χ4n) is 2.12. The smallest absolute Gasteiger partial charge is 0.245 e. The van der Waals surface area contributed by atoms with E-state index in [0.717, 1.165) is 36.0 Å². The number of aromatic nitrogens is 4. The maximum Gasteiger partial charge on any atom is 0.245 e. The average Bonchev–Trinajstić information content (AvgIpc) is 2.77. The van der Waals surface area contributed by atoms with Crippen LogP contribution in [0.15, 0.2) is 10.9 Å². The number of methoxy groups -OCH3 is 1. The number of ether oxygens (including phenoxy) is 2. The number of nitrogens with zero attached hydrogens (tertiary/aromatic N) is 4. The zero-order valence-corrected chi connectivity index (χ0v) is 11.6. The van der Waals surface area contributed by atoms with Gasteiger partial charge in [-0.1, -0.05) is 0 Å². The van der Waals surface area contributed by atoms with Crippen LogP contribution in [0.2, 0.25) is 0 Å². The first-order chi connectivity index (χ1) is 8.81. The fourth-order valence-corrected chi connectivity index (χ4v) is 2.72. The van der Waals surface area contributed by atoms with Gasteiger partial charge in [0.1, 0.15) is 16.4 Å². The Kier molecular flexibility index (Phi) is 3.17. The number of hydrogen-bond acceptors (Lipinski definition) is 5. The van der Waals surface area contributed by atoms with E-state index < -0.39 is 0 Å². The quantitative estimate of drug-likeness (QED) is 0.851. The summed E-state index contributed by atoms with van der Waals surface area (Å²) >= 11 is 3.53. The van der Waals surface area contributed by atoms with Crippen molar-refractivity contribution >= 4 is 27.0 Å². The van der Waals surface area contributed by atoms with E-state index >= 15 is 0 Å². The molecule has 18 heavy (non-hydrogen) atoms. The molecular weight excluding hydrogens is 300 g/mol. The van der Waals surface area contributed by atoms with Gasteiger partial charge in [-0.15, -0.1) is 0 Å². The molecule has 2 aromatic heterocycles. The molecule has 1 fully saturated rings. The van der Waals surface area contributed by atoms with Crippen molar-refractivity contribution < 1.29 is 9.47 Å². The Hall–Kier alpha value is -1.21. The molecule has 0 amide bonds. The van der Waals surface area contributed by atoms with Gasteiger partial charge in [0.25, 0.3) is 0 Å². The van der Waals surface area contributed by atoms with Gasteiger partial charge in [-0.05, 0) is 35.2 Å². The summed E-state index contributed by atoms with van der Waals surface area (Å²) in [6.45, 7) is 0.774. The highest BCUT2D eigenvalue weighted by Gasteiger charge is 2.23. The molecule has 1 aliphatic heterocycles. The second-order valence-corrected chi connectivity index (χ2v) is 4.89. The van der Waals surface area contributed by atoms with Gasteiger partial charge in [-0.3, -0.25) is 0 Å². The van der Waals surface area contributed by atoms with Gasteiger partial charge in [-0.2, -0.15) is 10.1 Å². The number of hydrogen-bond donors (Lipinski definition) is 0. The van der Waals surface area contributed by atoms with Crippen LogP contribution < -0.4 is 4.74 Å². The monoisotopic (exact) mass is 312 g/mol. The lowest BCUT2D eigenvalue weighted by atomic mass is 10.2. The Bertz CT molecular complexity index is 565. The topological polar surface area (TPSA) is 62.1 Å². The number of rotatable bonds is 2. The van der Waals surface area contributed by atoms with Gasteiger partial charge in [0, 0.05) is 6.61 Å². The van der Waals surface area contributed by atoms with Crippen LogP contribution in [0.1, 0.15) is 25.5 Å². The lowest BCUT2D eigenvalue weighted by molar-refractivity contribution is -0.0404. The van der Waals surface area contributed by atoms with Crippen LogP contribution in [-0.4, -0.2) is 33.5 Å². The van der Waals surface area contributed by atoms with Crippen LogP contribution in [0.25, 0.3) is 11.0 Å². The molecule has 0 N–H and O–H groups in total. The summed E-state index contributed by atoms with van der Waals surface area (Å²) < 4.78 is 13.6. The van der Waals surface area contributed by atoms with Crippen LogP contribution in [0.3, 0.4) is 0 Å². The van der Waals surface area contributed by atoms with Crippen molar-refractivity contribution in [2.45, 2.75) is 25.5 Å². The van der Waals surface area contributed by atoms with E-state index in [4.69, 9.17) is 9.47 Å². The van der Waals surface area contributed by atoms with Crippen molar-refractivity contribution in [3.05, 3.63) is 10.9 Å². The first-order valence-corrected chi connectivity index (χ1v) is 6.65. The molecule has 7 heteroatoms. The zero-order valence-electron chi connectivity index (χ0n) is 9.97. The lowest BCUT2D eigenvalue weighted by Crippen LogP contribution is -2.19. The normalized spacial score (nSPS) is 20.2. The van der Waals surface area contributed by atoms with Crippen molar-refractivity contribution in [2.75, 3.05) is 13.7 Å². The summed E-state index contributed by atoms with van der Waals surface area (Å²) in [5.41, 5.74) is 1.40. The summed E-state index contributed by atoms with van der Waals surface area (Å²) in [5.74, 6) is 0.482. The Balaban J connectivity index is 2.09. The maximum atomic E-state index is 5.73. The maximum absolute atomic E-state index is 5.73. The van der Waals surface area contributed by atoms with E-state index in [9.17, 15) is 0 Å². The van der Waals surface area contributed by atoms with Crippen LogP contribution in [0.4, 0.5) is 0 Å². The Labute approximate surface area is 112 Å². The Morgan fingerprint density at radius 3 is 3.00 bits per heavy atom. The Morgan fingerprint density at radius 1 is 1.39 bits per heavy atom. The molecule has 0 bridgehead atoms. The van der Waals surface area contributed by atoms with Crippen molar-refractivity contribution in [3.8, 4) is 5.88 Å². The minimum Gasteiger partial charge on any atom is -0.479 e. The second kappa shape index (κ2) is 4.81. The van der Waals surface area contributed by atoms with Crippen molar-refractivity contribution in [2.24, 2.45) is 0 Å². The third kappa shape index (κ3) is 1.87. The van der Waals surface area contributed by atoms with E-state index in [-0.39, 0.29) is 6.23 Å². The molecule has 6 nitrogen and oxygen atoms in total. The summed E-state index contributed by atoms with van der Waals surface area (Å²) in [6, 6.07) is 0. The lowest BCUT2D eigenvalue weighted by Gasteiger charge is -2.23. The molecule has 3 rings (SSSR count). The summed E-state index contributed by atoms with van der Waals surface area (Å²) in [7, 11) is 1.58. The molecule has 2 aromatic rings. The molecule has 0 saturated carbocycles. The molecule has 96 valence electrons. The van der Waals surface area contributed by atoms with Gasteiger partial charge >= 0.3 is 0 Å². The predicted octanol–water partition coefficient (Wildman–Crippen LogP) is 2.30. The highest BCUT2D eigenvalue weighted by atomic mass is 79.9. The van der Waals surface area contributed by atoms with Crippen LogP contribution in [0, 0.1) is 0 Å². The van der Waals surface area contributed by atoms with E-state index in [1.54, 1.807) is 7.11 Å². The Morgan fingerprint density at radius 2 is 2.28 bits per heavy atom. The predicted molar refractivity (Wildman–Crippen MR) is 68.4 cm³/mol. The molecule has 0 aromatic carbocycles. The first-order valence-electron chi connectivity index (χ1n) is 5.85. The molecule has 0 unspecified atom stereocenters. The van der Waals surface area contributed by atoms with E-state index in [1.165, 1.54) is 6.33 Å². The molecule has 1 atom stereocenters. The summed E-state index contributed by atoms with van der Waals surface area (Å²) in [6.07, 6.45) is 4.66.